The molecule has 0 amide bonds. The van der Waals surface area contributed by atoms with Gasteiger partial charge in [-0.1, -0.05) is 0 Å². The third-order valence-corrected chi connectivity index (χ3v) is 0.717. The summed E-state index contributed by atoms with van der Waals surface area (Å²) in [4.78, 5) is 17.2. The van der Waals surface area contributed by atoms with Gasteiger partial charge in [-0.25, -0.2) is 9.97 Å². The molecule has 10 heavy (non-hydrogen) atoms. The van der Waals surface area contributed by atoms with Crippen LogP contribution in [0.3, 0.4) is 0 Å². The standard InChI is InChI=1S/C5H4N2O.2ClH/c8-3-5-1-6-4-7-2-5;;/h1-4H;2*1H. The molecule has 0 aromatic carbocycles. The van der Waals surface area contributed by atoms with Crippen LogP contribution in [-0.2, 0) is 0 Å². The molecular weight excluding hydrogens is 175 g/mol. The van der Waals surface area contributed by atoms with Crippen LogP contribution in [0.4, 0.5) is 0 Å². The highest BCUT2D eigenvalue weighted by Gasteiger charge is 1.82. The average molecular weight is 181 g/mol. The number of aldehydes is 1. The Bertz CT molecular complexity index is 180. The highest BCUT2D eigenvalue weighted by molar-refractivity contribution is 5.85. The Labute approximate surface area is 70.7 Å². The molecule has 1 rings (SSSR count). The second kappa shape index (κ2) is 6.45. The molecule has 0 spiro atoms. The minimum Gasteiger partial charge on any atom is -0.298 e. The van der Waals surface area contributed by atoms with Crippen molar-refractivity contribution >= 4 is 31.1 Å². The Kier molecular flexibility index (Phi) is 7.77. The van der Waals surface area contributed by atoms with Crippen LogP contribution in [0.1, 0.15) is 10.4 Å². The molecule has 5 heteroatoms. The SMILES string of the molecule is Cl.Cl.O=Cc1cncnc1. The van der Waals surface area contributed by atoms with E-state index in [2.05, 4.69) is 9.97 Å². The van der Waals surface area contributed by atoms with Crippen molar-refractivity contribution in [3.05, 3.63) is 24.3 Å². The fourth-order valence-electron chi connectivity index (χ4n) is 0.371. The van der Waals surface area contributed by atoms with E-state index in [0.29, 0.717) is 11.8 Å². The summed E-state index contributed by atoms with van der Waals surface area (Å²) < 4.78 is 0. The largest absolute Gasteiger partial charge is 0.298 e. The summed E-state index contributed by atoms with van der Waals surface area (Å²) in [5, 5.41) is 0. The van der Waals surface area contributed by atoms with Gasteiger partial charge in [0, 0.05) is 12.4 Å². The first-order valence-corrected chi connectivity index (χ1v) is 2.13. The highest BCUT2D eigenvalue weighted by Crippen LogP contribution is 1.83. The summed E-state index contributed by atoms with van der Waals surface area (Å²) in [6.45, 7) is 0. The molecular formula is C5H6Cl2N2O. The molecule has 0 unspecified atom stereocenters. The summed E-state index contributed by atoms with van der Waals surface area (Å²) in [7, 11) is 0. The number of hydrogen-bond acceptors (Lipinski definition) is 3. The first-order valence-electron chi connectivity index (χ1n) is 2.13. The molecule has 0 atom stereocenters. The van der Waals surface area contributed by atoms with E-state index in [0.717, 1.165) is 0 Å². The quantitative estimate of drug-likeness (QED) is 0.610. The molecule has 1 aromatic heterocycles. The van der Waals surface area contributed by atoms with Crippen molar-refractivity contribution in [1.29, 1.82) is 0 Å². The zero-order chi connectivity index (χ0) is 5.82. The van der Waals surface area contributed by atoms with Gasteiger partial charge in [-0.3, -0.25) is 4.79 Å². The lowest BCUT2D eigenvalue weighted by Crippen LogP contribution is -1.81. The lowest BCUT2D eigenvalue weighted by atomic mass is 10.4. The van der Waals surface area contributed by atoms with Crippen molar-refractivity contribution < 1.29 is 4.79 Å². The van der Waals surface area contributed by atoms with Crippen LogP contribution in [0, 0.1) is 0 Å². The maximum absolute atomic E-state index is 9.93. The van der Waals surface area contributed by atoms with Gasteiger partial charge in [-0.15, -0.1) is 24.8 Å². The zero-order valence-corrected chi connectivity index (χ0v) is 6.56. The molecule has 0 N–H and O–H groups in total. The van der Waals surface area contributed by atoms with Gasteiger partial charge >= 0.3 is 0 Å². The van der Waals surface area contributed by atoms with Gasteiger partial charge in [-0.2, -0.15) is 0 Å². The van der Waals surface area contributed by atoms with Crippen LogP contribution in [0.25, 0.3) is 0 Å². The number of nitrogens with zero attached hydrogens (tertiary/aromatic N) is 2. The van der Waals surface area contributed by atoms with Crippen LogP contribution in [0.2, 0.25) is 0 Å². The molecule has 56 valence electrons. The summed E-state index contributed by atoms with van der Waals surface area (Å²) >= 11 is 0. The maximum Gasteiger partial charge on any atom is 0.153 e. The Hall–Kier alpha value is -0.670. The van der Waals surface area contributed by atoms with Gasteiger partial charge in [-0.05, 0) is 0 Å². The number of aromatic nitrogens is 2. The minimum atomic E-state index is 0. The summed E-state index contributed by atoms with van der Waals surface area (Å²) in [5.74, 6) is 0. The molecule has 0 aliphatic carbocycles. The van der Waals surface area contributed by atoms with E-state index in [1.54, 1.807) is 0 Å². The smallest absolute Gasteiger partial charge is 0.153 e. The van der Waals surface area contributed by atoms with Crippen molar-refractivity contribution in [1.82, 2.24) is 9.97 Å². The van der Waals surface area contributed by atoms with Crippen LogP contribution in [0.15, 0.2) is 18.7 Å². The molecule has 1 heterocycles. The molecule has 3 nitrogen and oxygen atoms in total. The third-order valence-electron chi connectivity index (χ3n) is 0.717. The zero-order valence-electron chi connectivity index (χ0n) is 4.93. The van der Waals surface area contributed by atoms with Crippen molar-refractivity contribution in [2.75, 3.05) is 0 Å². The Balaban J connectivity index is 0. The number of carbonyl (C=O) groups is 1. The van der Waals surface area contributed by atoms with E-state index in [-0.39, 0.29) is 24.8 Å². The van der Waals surface area contributed by atoms with Gasteiger partial charge in [0.1, 0.15) is 6.33 Å². The number of hydrogen-bond donors (Lipinski definition) is 0. The minimum absolute atomic E-state index is 0. The molecule has 0 saturated carbocycles. The van der Waals surface area contributed by atoms with E-state index in [1.165, 1.54) is 18.7 Å². The normalized spacial score (nSPS) is 6.80. The van der Waals surface area contributed by atoms with E-state index >= 15 is 0 Å². The summed E-state index contributed by atoms with van der Waals surface area (Å²) in [6, 6.07) is 0. The summed E-state index contributed by atoms with van der Waals surface area (Å²) in [5.41, 5.74) is 0.507. The molecule has 1 aromatic rings. The van der Waals surface area contributed by atoms with Crippen molar-refractivity contribution in [2.45, 2.75) is 0 Å². The fraction of sp³-hybridized carbons (Fsp3) is 0. The average Bonchev–Trinajstić information content (AvgIpc) is 1.90. The van der Waals surface area contributed by atoms with E-state index in [1.807, 2.05) is 0 Å². The molecule has 0 radical (unpaired) electrons. The third kappa shape index (κ3) is 3.37. The first-order chi connectivity index (χ1) is 3.93. The Morgan fingerprint density at radius 3 is 2.00 bits per heavy atom. The van der Waals surface area contributed by atoms with E-state index in [9.17, 15) is 4.79 Å². The van der Waals surface area contributed by atoms with Crippen molar-refractivity contribution in [3.8, 4) is 0 Å². The van der Waals surface area contributed by atoms with Crippen LogP contribution in [0.5, 0.6) is 0 Å². The predicted molar refractivity (Wildman–Crippen MR) is 41.9 cm³/mol. The number of rotatable bonds is 1. The Morgan fingerprint density at radius 1 is 1.20 bits per heavy atom. The monoisotopic (exact) mass is 180 g/mol. The molecule has 0 aliphatic rings. The van der Waals surface area contributed by atoms with Crippen molar-refractivity contribution in [2.24, 2.45) is 0 Å². The molecule has 0 aliphatic heterocycles. The van der Waals surface area contributed by atoms with Gasteiger partial charge in [0.2, 0.25) is 0 Å². The molecule has 0 saturated heterocycles. The van der Waals surface area contributed by atoms with Gasteiger partial charge in [0.15, 0.2) is 6.29 Å². The number of carbonyl (C=O) groups excluding carboxylic acids is 1. The van der Waals surface area contributed by atoms with Gasteiger partial charge < -0.3 is 0 Å². The lowest BCUT2D eigenvalue weighted by Gasteiger charge is -1.80. The first kappa shape index (κ1) is 12.0. The highest BCUT2D eigenvalue weighted by atomic mass is 35.5. The van der Waals surface area contributed by atoms with Crippen LogP contribution >= 0.6 is 24.8 Å². The second-order valence-corrected chi connectivity index (χ2v) is 1.29. The predicted octanol–water partition coefficient (Wildman–Crippen LogP) is 1.13. The van der Waals surface area contributed by atoms with Gasteiger partial charge in [0.05, 0.1) is 5.56 Å². The molecule has 0 bridgehead atoms. The van der Waals surface area contributed by atoms with Crippen LogP contribution in [-0.4, -0.2) is 16.3 Å². The van der Waals surface area contributed by atoms with Gasteiger partial charge in [0.25, 0.3) is 0 Å². The molecule has 0 fully saturated rings. The topological polar surface area (TPSA) is 42.9 Å². The van der Waals surface area contributed by atoms with Crippen LogP contribution < -0.4 is 0 Å². The number of halogens is 2. The second-order valence-electron chi connectivity index (χ2n) is 1.29. The van der Waals surface area contributed by atoms with Crippen molar-refractivity contribution in [3.63, 3.8) is 0 Å². The van der Waals surface area contributed by atoms with E-state index < -0.39 is 0 Å². The lowest BCUT2D eigenvalue weighted by molar-refractivity contribution is 0.112. The maximum atomic E-state index is 9.93. The van der Waals surface area contributed by atoms with E-state index in [4.69, 9.17) is 0 Å². The summed E-state index contributed by atoms with van der Waals surface area (Å²) in [6.07, 6.45) is 5.01. The Morgan fingerprint density at radius 2 is 1.70 bits per heavy atom. The fourth-order valence-corrected chi connectivity index (χ4v) is 0.371.